The molecule has 0 spiro atoms. The van der Waals surface area contributed by atoms with Gasteiger partial charge in [-0.25, -0.2) is 0 Å². The molecule has 2 aromatic heterocycles. The number of hydrogen-bond donors (Lipinski definition) is 1. The molecule has 0 bridgehead atoms. The Hall–Kier alpha value is -3.78. The zero-order valence-electron chi connectivity index (χ0n) is 15.0. The minimum Gasteiger partial charge on any atom is -0.455 e. The van der Waals surface area contributed by atoms with E-state index in [2.05, 4.69) is 89.9 Å². The third-order valence-electron chi connectivity index (χ3n) is 5.97. The molecule has 0 amide bonds. The van der Waals surface area contributed by atoms with Crippen LogP contribution in [0.4, 0.5) is 0 Å². The smallest absolute Gasteiger partial charge is 0.143 e. The van der Waals surface area contributed by atoms with E-state index in [0.29, 0.717) is 0 Å². The first-order chi connectivity index (χ1) is 13.9. The standard InChI is InChI=1S/C26H15NO/c1-2-6-17-15(5-1)10-12-24-25(17)19-11-9-16-13-21-18-7-3-4-8-22(18)27-23(21)14-20(16)26(19)28-24/h1-14,27H. The van der Waals surface area contributed by atoms with Crippen molar-refractivity contribution >= 4 is 65.3 Å². The van der Waals surface area contributed by atoms with Gasteiger partial charge in [0.25, 0.3) is 0 Å². The maximum atomic E-state index is 6.38. The summed E-state index contributed by atoms with van der Waals surface area (Å²) in [6.07, 6.45) is 0. The molecule has 0 saturated carbocycles. The van der Waals surface area contributed by atoms with Crippen LogP contribution >= 0.6 is 0 Å². The van der Waals surface area contributed by atoms with Gasteiger partial charge in [0.2, 0.25) is 0 Å². The molecule has 0 fully saturated rings. The molecule has 1 N–H and O–H groups in total. The largest absolute Gasteiger partial charge is 0.455 e. The van der Waals surface area contributed by atoms with Crippen molar-refractivity contribution in [3.05, 3.63) is 84.9 Å². The molecule has 2 heteroatoms. The summed E-state index contributed by atoms with van der Waals surface area (Å²) in [5.41, 5.74) is 4.22. The molecule has 5 aromatic carbocycles. The number of nitrogens with one attached hydrogen (secondary N) is 1. The van der Waals surface area contributed by atoms with E-state index in [9.17, 15) is 0 Å². The maximum Gasteiger partial charge on any atom is 0.143 e. The summed E-state index contributed by atoms with van der Waals surface area (Å²) >= 11 is 0. The van der Waals surface area contributed by atoms with Crippen molar-refractivity contribution in [3.8, 4) is 0 Å². The van der Waals surface area contributed by atoms with Crippen molar-refractivity contribution < 1.29 is 4.42 Å². The van der Waals surface area contributed by atoms with Crippen LogP contribution in [0.5, 0.6) is 0 Å². The number of furan rings is 1. The van der Waals surface area contributed by atoms with E-state index < -0.39 is 0 Å². The summed E-state index contributed by atoms with van der Waals surface area (Å²) < 4.78 is 6.38. The lowest BCUT2D eigenvalue weighted by Crippen LogP contribution is -1.76. The Kier molecular flexibility index (Phi) is 2.52. The lowest BCUT2D eigenvalue weighted by molar-refractivity contribution is 0.673. The fraction of sp³-hybridized carbons (Fsp3) is 0. The molecule has 0 radical (unpaired) electrons. The highest BCUT2D eigenvalue weighted by Gasteiger charge is 2.14. The van der Waals surface area contributed by atoms with E-state index in [1.807, 2.05) is 0 Å². The highest BCUT2D eigenvalue weighted by Crippen LogP contribution is 2.39. The van der Waals surface area contributed by atoms with Gasteiger partial charge in [-0.3, -0.25) is 0 Å². The average molecular weight is 357 g/mol. The van der Waals surface area contributed by atoms with Crippen molar-refractivity contribution in [3.63, 3.8) is 0 Å². The van der Waals surface area contributed by atoms with Crippen LogP contribution in [0.15, 0.2) is 89.3 Å². The second-order valence-corrected chi connectivity index (χ2v) is 7.49. The Morgan fingerprint density at radius 2 is 1.36 bits per heavy atom. The van der Waals surface area contributed by atoms with E-state index in [4.69, 9.17) is 4.42 Å². The quantitative estimate of drug-likeness (QED) is 0.299. The van der Waals surface area contributed by atoms with Gasteiger partial charge in [-0.1, -0.05) is 54.6 Å². The zero-order chi connectivity index (χ0) is 18.2. The topological polar surface area (TPSA) is 28.9 Å². The molecule has 0 aliphatic heterocycles. The third-order valence-corrected chi connectivity index (χ3v) is 5.97. The molecule has 130 valence electrons. The minimum atomic E-state index is 0.943. The number of aromatic nitrogens is 1. The fourth-order valence-electron chi connectivity index (χ4n) is 4.67. The molecule has 7 aromatic rings. The van der Waals surface area contributed by atoms with Crippen LogP contribution in [-0.2, 0) is 0 Å². The molecule has 7 rings (SSSR count). The fourth-order valence-corrected chi connectivity index (χ4v) is 4.67. The Morgan fingerprint density at radius 1 is 0.536 bits per heavy atom. The number of hydrogen-bond acceptors (Lipinski definition) is 1. The number of aromatic amines is 1. The van der Waals surface area contributed by atoms with Crippen molar-refractivity contribution in [1.29, 1.82) is 0 Å². The number of rotatable bonds is 0. The summed E-state index contributed by atoms with van der Waals surface area (Å²) in [4.78, 5) is 3.56. The molecular weight excluding hydrogens is 342 g/mol. The van der Waals surface area contributed by atoms with Gasteiger partial charge in [0, 0.05) is 38.0 Å². The average Bonchev–Trinajstić information content (AvgIpc) is 3.30. The second kappa shape index (κ2) is 4.93. The van der Waals surface area contributed by atoms with Crippen molar-refractivity contribution in [1.82, 2.24) is 4.98 Å². The SMILES string of the molecule is c1ccc2c(c1)ccc1oc3c4cc5[nH]c6ccccc6c5cc4ccc3c12. The molecule has 2 nitrogen and oxygen atoms in total. The lowest BCUT2D eigenvalue weighted by Gasteiger charge is -2.01. The summed E-state index contributed by atoms with van der Waals surface area (Å²) in [6, 6.07) is 30.1. The summed E-state index contributed by atoms with van der Waals surface area (Å²) in [7, 11) is 0. The van der Waals surface area contributed by atoms with Crippen LogP contribution in [-0.4, -0.2) is 4.98 Å². The Labute approximate surface area is 160 Å². The number of fused-ring (bicyclic) bond motifs is 10. The predicted molar refractivity (Wildman–Crippen MR) is 118 cm³/mol. The van der Waals surface area contributed by atoms with Crippen LogP contribution in [0.3, 0.4) is 0 Å². The van der Waals surface area contributed by atoms with Gasteiger partial charge < -0.3 is 9.40 Å². The Morgan fingerprint density at radius 3 is 2.32 bits per heavy atom. The van der Waals surface area contributed by atoms with E-state index in [0.717, 1.165) is 22.1 Å². The van der Waals surface area contributed by atoms with Crippen LogP contribution in [0.2, 0.25) is 0 Å². The molecule has 0 atom stereocenters. The van der Waals surface area contributed by atoms with Gasteiger partial charge in [-0.2, -0.15) is 0 Å². The summed E-state index contributed by atoms with van der Waals surface area (Å²) in [6.45, 7) is 0. The summed E-state index contributed by atoms with van der Waals surface area (Å²) in [5, 5.41) is 9.72. The molecule has 0 saturated heterocycles. The van der Waals surface area contributed by atoms with Crippen molar-refractivity contribution in [2.75, 3.05) is 0 Å². The molecule has 0 unspecified atom stereocenters. The van der Waals surface area contributed by atoms with E-state index in [1.165, 1.54) is 43.2 Å². The van der Waals surface area contributed by atoms with E-state index in [-0.39, 0.29) is 0 Å². The van der Waals surface area contributed by atoms with Crippen molar-refractivity contribution in [2.45, 2.75) is 0 Å². The Balaban J connectivity index is 1.69. The first kappa shape index (κ1) is 14.3. The van der Waals surface area contributed by atoms with Crippen LogP contribution < -0.4 is 0 Å². The zero-order valence-corrected chi connectivity index (χ0v) is 15.0. The molecule has 28 heavy (non-hydrogen) atoms. The van der Waals surface area contributed by atoms with Crippen LogP contribution in [0.1, 0.15) is 0 Å². The number of para-hydroxylation sites is 1. The van der Waals surface area contributed by atoms with Gasteiger partial charge in [-0.05, 0) is 46.5 Å². The van der Waals surface area contributed by atoms with Gasteiger partial charge in [0.05, 0.1) is 0 Å². The van der Waals surface area contributed by atoms with Crippen molar-refractivity contribution in [2.24, 2.45) is 0 Å². The maximum absolute atomic E-state index is 6.38. The third kappa shape index (κ3) is 1.72. The number of H-pyrrole nitrogens is 1. The van der Waals surface area contributed by atoms with E-state index in [1.54, 1.807) is 0 Å². The highest BCUT2D eigenvalue weighted by atomic mass is 16.3. The van der Waals surface area contributed by atoms with Gasteiger partial charge in [0.15, 0.2) is 0 Å². The Bertz CT molecular complexity index is 1720. The van der Waals surface area contributed by atoms with E-state index >= 15 is 0 Å². The molecule has 0 aliphatic rings. The minimum absolute atomic E-state index is 0.943. The first-order valence-corrected chi connectivity index (χ1v) is 9.54. The van der Waals surface area contributed by atoms with Gasteiger partial charge in [0.1, 0.15) is 11.2 Å². The highest BCUT2D eigenvalue weighted by molar-refractivity contribution is 6.24. The number of benzene rings is 5. The predicted octanol–water partition coefficient (Wildman–Crippen LogP) is 7.53. The van der Waals surface area contributed by atoms with Gasteiger partial charge >= 0.3 is 0 Å². The lowest BCUT2D eigenvalue weighted by atomic mass is 10.0. The van der Waals surface area contributed by atoms with Crippen LogP contribution in [0, 0.1) is 0 Å². The second-order valence-electron chi connectivity index (χ2n) is 7.49. The van der Waals surface area contributed by atoms with Gasteiger partial charge in [-0.15, -0.1) is 0 Å². The molecule has 0 aliphatic carbocycles. The van der Waals surface area contributed by atoms with Crippen LogP contribution in [0.25, 0.3) is 65.3 Å². The molecule has 2 heterocycles. The normalized spacial score (nSPS) is 12.3. The summed E-state index contributed by atoms with van der Waals surface area (Å²) in [5.74, 6) is 0. The molecular formula is C26H15NO. The first-order valence-electron chi connectivity index (χ1n) is 9.54. The monoisotopic (exact) mass is 357 g/mol.